The minimum atomic E-state index is -0.241. The molecule has 3 rings (SSSR count). The number of benzene rings is 2. The lowest BCUT2D eigenvalue weighted by molar-refractivity contribution is 0.0997. The van der Waals surface area contributed by atoms with E-state index < -0.39 is 0 Å². The third kappa shape index (κ3) is 3.40. The van der Waals surface area contributed by atoms with Gasteiger partial charge in [-0.1, -0.05) is 31.2 Å². The molecule has 1 heterocycles. The molecule has 0 unspecified atom stereocenters. The topological polar surface area (TPSA) is 42.2 Å². The molecule has 0 saturated heterocycles. The first-order valence-corrected chi connectivity index (χ1v) is 8.14. The molecule has 0 saturated carbocycles. The van der Waals surface area contributed by atoms with E-state index in [0.717, 1.165) is 17.7 Å². The molecule has 0 aliphatic carbocycles. The van der Waals surface area contributed by atoms with Gasteiger partial charge in [0.25, 0.3) is 5.91 Å². The first kappa shape index (κ1) is 16.1. The van der Waals surface area contributed by atoms with Gasteiger partial charge in [-0.3, -0.25) is 4.79 Å². The summed E-state index contributed by atoms with van der Waals surface area (Å²) in [5, 5.41) is 2.86. The van der Waals surface area contributed by atoms with Gasteiger partial charge < -0.3 is 9.73 Å². The molecule has 0 atom stereocenters. The number of carbonyl (C=O) groups is 1. The minimum Gasteiger partial charge on any atom is -0.451 e. The normalized spacial score (nSPS) is 10.6. The maximum Gasteiger partial charge on any atom is 0.291 e. The fourth-order valence-corrected chi connectivity index (χ4v) is 2.53. The van der Waals surface area contributed by atoms with Crippen molar-refractivity contribution in [3.8, 4) is 11.3 Å². The predicted molar refractivity (Wildman–Crippen MR) is 97.4 cm³/mol. The Bertz CT molecular complexity index is 860. The number of furan rings is 1. The van der Waals surface area contributed by atoms with E-state index in [4.69, 9.17) is 4.42 Å². The Labute approximate surface area is 142 Å². The van der Waals surface area contributed by atoms with Gasteiger partial charge in [0.05, 0.1) is 0 Å². The van der Waals surface area contributed by atoms with Crippen LogP contribution < -0.4 is 5.32 Å². The summed E-state index contributed by atoms with van der Waals surface area (Å²) >= 11 is 0. The molecular weight excluding hydrogens is 298 g/mol. The molecule has 0 spiro atoms. The highest BCUT2D eigenvalue weighted by Crippen LogP contribution is 2.25. The van der Waals surface area contributed by atoms with Crippen molar-refractivity contribution >= 4 is 11.6 Å². The van der Waals surface area contributed by atoms with Crippen molar-refractivity contribution < 1.29 is 9.21 Å². The van der Waals surface area contributed by atoms with Crippen LogP contribution in [-0.4, -0.2) is 5.91 Å². The molecule has 0 radical (unpaired) electrons. The van der Waals surface area contributed by atoms with Crippen molar-refractivity contribution in [1.82, 2.24) is 0 Å². The molecule has 24 heavy (non-hydrogen) atoms. The van der Waals surface area contributed by atoms with Crippen LogP contribution in [0.3, 0.4) is 0 Å². The van der Waals surface area contributed by atoms with Gasteiger partial charge in [0, 0.05) is 11.3 Å². The zero-order valence-corrected chi connectivity index (χ0v) is 14.2. The Morgan fingerprint density at radius 3 is 2.38 bits per heavy atom. The second kappa shape index (κ2) is 6.75. The number of rotatable bonds is 4. The highest BCUT2D eigenvalue weighted by molar-refractivity contribution is 6.02. The summed E-state index contributed by atoms with van der Waals surface area (Å²) in [6.07, 6.45) is 0.978. The molecule has 0 fully saturated rings. The molecule has 122 valence electrons. The van der Waals surface area contributed by atoms with Crippen LogP contribution in [0.4, 0.5) is 5.69 Å². The number of amides is 1. The average Bonchev–Trinajstić information content (AvgIpc) is 3.08. The molecule has 1 N–H and O–H groups in total. The van der Waals surface area contributed by atoms with E-state index >= 15 is 0 Å². The molecule has 3 aromatic rings. The molecular formula is C21H21NO2. The number of hydrogen-bond donors (Lipinski definition) is 1. The van der Waals surface area contributed by atoms with Crippen molar-refractivity contribution in [1.29, 1.82) is 0 Å². The van der Waals surface area contributed by atoms with Gasteiger partial charge in [-0.15, -0.1) is 0 Å². The number of aryl methyl sites for hydroxylation is 3. The van der Waals surface area contributed by atoms with E-state index in [0.29, 0.717) is 11.5 Å². The van der Waals surface area contributed by atoms with Crippen molar-refractivity contribution in [2.45, 2.75) is 27.2 Å². The van der Waals surface area contributed by atoms with Crippen molar-refractivity contribution in [3.63, 3.8) is 0 Å². The van der Waals surface area contributed by atoms with Crippen LogP contribution in [0.1, 0.15) is 34.2 Å². The quantitative estimate of drug-likeness (QED) is 0.701. The van der Waals surface area contributed by atoms with Crippen LogP contribution in [0, 0.1) is 13.8 Å². The molecule has 0 aliphatic heterocycles. The highest BCUT2D eigenvalue weighted by atomic mass is 16.3. The summed E-state index contributed by atoms with van der Waals surface area (Å²) in [6.45, 7) is 6.24. The molecule has 0 bridgehead atoms. The summed E-state index contributed by atoms with van der Waals surface area (Å²) in [5.74, 6) is 0.765. The standard InChI is InChI=1S/C21H21NO2/c1-4-16-6-9-18(10-7-16)22-21(23)20-12-11-19(24-20)17-8-5-14(2)15(3)13-17/h5-13H,4H2,1-3H3,(H,22,23). The van der Waals surface area contributed by atoms with Gasteiger partial charge in [-0.2, -0.15) is 0 Å². The van der Waals surface area contributed by atoms with E-state index in [1.165, 1.54) is 16.7 Å². The van der Waals surface area contributed by atoms with Gasteiger partial charge in [0.1, 0.15) is 5.76 Å². The van der Waals surface area contributed by atoms with Crippen LogP contribution in [0.25, 0.3) is 11.3 Å². The molecule has 3 nitrogen and oxygen atoms in total. The van der Waals surface area contributed by atoms with Crippen LogP contribution >= 0.6 is 0 Å². The lowest BCUT2D eigenvalue weighted by Gasteiger charge is -2.05. The molecule has 2 aromatic carbocycles. The minimum absolute atomic E-state index is 0.241. The highest BCUT2D eigenvalue weighted by Gasteiger charge is 2.13. The second-order valence-electron chi connectivity index (χ2n) is 5.97. The monoisotopic (exact) mass is 319 g/mol. The third-order valence-corrected chi connectivity index (χ3v) is 4.24. The lowest BCUT2D eigenvalue weighted by atomic mass is 10.1. The average molecular weight is 319 g/mol. The van der Waals surface area contributed by atoms with Gasteiger partial charge in [-0.05, 0) is 67.3 Å². The number of carbonyl (C=O) groups excluding carboxylic acids is 1. The maximum absolute atomic E-state index is 12.3. The summed E-state index contributed by atoms with van der Waals surface area (Å²) < 4.78 is 5.73. The van der Waals surface area contributed by atoms with Gasteiger partial charge in [-0.25, -0.2) is 0 Å². The Kier molecular flexibility index (Phi) is 4.52. The Morgan fingerprint density at radius 2 is 1.71 bits per heavy atom. The second-order valence-corrected chi connectivity index (χ2v) is 5.97. The first-order chi connectivity index (χ1) is 11.6. The van der Waals surface area contributed by atoms with Crippen LogP contribution in [0.2, 0.25) is 0 Å². The SMILES string of the molecule is CCc1ccc(NC(=O)c2ccc(-c3ccc(C)c(C)c3)o2)cc1. The molecule has 3 heteroatoms. The Morgan fingerprint density at radius 1 is 0.958 bits per heavy atom. The van der Waals surface area contributed by atoms with Gasteiger partial charge >= 0.3 is 0 Å². The zero-order valence-electron chi connectivity index (χ0n) is 14.2. The lowest BCUT2D eigenvalue weighted by Crippen LogP contribution is -2.10. The van der Waals surface area contributed by atoms with Crippen molar-refractivity contribution in [2.75, 3.05) is 5.32 Å². The third-order valence-electron chi connectivity index (χ3n) is 4.24. The van der Waals surface area contributed by atoms with Gasteiger partial charge in [0.15, 0.2) is 5.76 Å². The predicted octanol–water partition coefficient (Wildman–Crippen LogP) is 5.38. The fourth-order valence-electron chi connectivity index (χ4n) is 2.53. The number of anilines is 1. The zero-order chi connectivity index (χ0) is 17.1. The van der Waals surface area contributed by atoms with Crippen molar-refractivity contribution in [2.24, 2.45) is 0 Å². The Hall–Kier alpha value is -2.81. The van der Waals surface area contributed by atoms with E-state index in [1.54, 1.807) is 6.07 Å². The first-order valence-electron chi connectivity index (χ1n) is 8.14. The molecule has 1 amide bonds. The Balaban J connectivity index is 1.76. The summed E-state index contributed by atoms with van der Waals surface area (Å²) in [7, 11) is 0. The molecule has 0 aliphatic rings. The van der Waals surface area contributed by atoms with Crippen LogP contribution in [0.5, 0.6) is 0 Å². The maximum atomic E-state index is 12.3. The van der Waals surface area contributed by atoms with Gasteiger partial charge in [0.2, 0.25) is 0 Å². The summed E-state index contributed by atoms with van der Waals surface area (Å²) in [6, 6.07) is 17.5. The van der Waals surface area contributed by atoms with E-state index in [9.17, 15) is 4.79 Å². The van der Waals surface area contributed by atoms with E-state index in [2.05, 4.69) is 38.2 Å². The fraction of sp³-hybridized carbons (Fsp3) is 0.190. The molecule has 1 aromatic heterocycles. The number of hydrogen-bond acceptors (Lipinski definition) is 2. The van der Waals surface area contributed by atoms with Crippen LogP contribution in [0.15, 0.2) is 59.0 Å². The van der Waals surface area contributed by atoms with E-state index in [1.807, 2.05) is 36.4 Å². The largest absolute Gasteiger partial charge is 0.451 e. The number of nitrogens with one attached hydrogen (secondary N) is 1. The van der Waals surface area contributed by atoms with E-state index in [-0.39, 0.29) is 5.91 Å². The summed E-state index contributed by atoms with van der Waals surface area (Å²) in [5.41, 5.74) is 5.42. The smallest absolute Gasteiger partial charge is 0.291 e. The summed E-state index contributed by atoms with van der Waals surface area (Å²) in [4.78, 5) is 12.3. The van der Waals surface area contributed by atoms with Crippen molar-refractivity contribution in [3.05, 3.63) is 77.0 Å². The van der Waals surface area contributed by atoms with Crippen LogP contribution in [-0.2, 0) is 6.42 Å².